The average molecular weight is 582 g/mol. The molecule has 0 unspecified atom stereocenters. The molecular weight excluding hydrogens is 551 g/mol. The van der Waals surface area contributed by atoms with E-state index < -0.39 is 24.2 Å². The molecule has 1 fully saturated rings. The van der Waals surface area contributed by atoms with Crippen LogP contribution in [0.1, 0.15) is 73.7 Å². The highest BCUT2D eigenvalue weighted by Gasteiger charge is 2.29. The fourth-order valence-corrected chi connectivity index (χ4v) is 4.96. The lowest BCUT2D eigenvalue weighted by atomic mass is 9.85. The van der Waals surface area contributed by atoms with Crippen molar-refractivity contribution >= 4 is 17.1 Å². The number of rotatable bonds is 9. The van der Waals surface area contributed by atoms with E-state index in [1.54, 1.807) is 22.7 Å². The molecule has 3 N–H and O–H groups in total. The maximum Gasteiger partial charge on any atom is 0.334 e. The molecule has 1 saturated carbocycles. The van der Waals surface area contributed by atoms with Crippen LogP contribution in [0.5, 0.6) is 0 Å². The summed E-state index contributed by atoms with van der Waals surface area (Å²) in [4.78, 5) is 21.7. The molecule has 5 rings (SSSR count). The van der Waals surface area contributed by atoms with Crippen molar-refractivity contribution in [2.75, 3.05) is 11.9 Å². The maximum absolute atomic E-state index is 14.4. The zero-order chi connectivity index (χ0) is 30.0. The molecule has 1 atom stereocenters. The van der Waals surface area contributed by atoms with E-state index in [4.69, 9.17) is 0 Å². The fourth-order valence-electron chi connectivity index (χ4n) is 4.96. The van der Waals surface area contributed by atoms with Crippen LogP contribution in [0.25, 0.3) is 16.9 Å². The Hall–Kier alpha value is -4.51. The van der Waals surface area contributed by atoms with Gasteiger partial charge in [0.15, 0.2) is 5.82 Å². The minimum absolute atomic E-state index is 0.0501. The molecule has 0 radical (unpaired) electrons. The van der Waals surface area contributed by atoms with Gasteiger partial charge < -0.3 is 15.7 Å². The fraction of sp³-hybridized carbons (Fsp3) is 0.429. The number of pyridine rings is 1. The molecule has 0 saturated heterocycles. The summed E-state index contributed by atoms with van der Waals surface area (Å²) in [6.07, 6.45) is 4.87. The topological polar surface area (TPSA) is 146 Å². The summed E-state index contributed by atoms with van der Waals surface area (Å²) in [6.45, 7) is -0.479. The van der Waals surface area contributed by atoms with E-state index in [1.807, 2.05) is 6.07 Å². The van der Waals surface area contributed by atoms with E-state index >= 15 is 0 Å². The lowest BCUT2D eigenvalue weighted by Gasteiger charge is -2.29. The Balaban J connectivity index is 1.38. The normalized spacial score (nSPS) is 18.1. The highest BCUT2D eigenvalue weighted by atomic mass is 19.3. The number of aliphatic hydroxyl groups is 1. The van der Waals surface area contributed by atoms with Gasteiger partial charge in [-0.25, -0.2) is 13.9 Å². The molecule has 0 aliphatic heterocycles. The van der Waals surface area contributed by atoms with Crippen LogP contribution in [0.2, 0.25) is 0 Å². The van der Waals surface area contributed by atoms with Gasteiger partial charge in [-0.1, -0.05) is 0 Å². The molecule has 4 heterocycles. The number of fused-ring (bicyclic) bond motifs is 1. The Morgan fingerprint density at radius 1 is 1.17 bits per heavy atom. The number of anilines is 1. The Morgan fingerprint density at radius 3 is 2.60 bits per heavy atom. The van der Waals surface area contributed by atoms with Crippen LogP contribution in [-0.2, 0) is 0 Å². The van der Waals surface area contributed by atoms with Crippen LogP contribution in [0.15, 0.2) is 43.0 Å². The first-order valence-corrected chi connectivity index (χ1v) is 13.5. The molecule has 0 aromatic carbocycles. The molecule has 0 spiro atoms. The molecule has 14 heteroatoms. The summed E-state index contributed by atoms with van der Waals surface area (Å²) >= 11 is 0. The Bertz CT molecular complexity index is 1610. The van der Waals surface area contributed by atoms with Gasteiger partial charge in [-0.15, -0.1) is 0 Å². The molecule has 42 heavy (non-hydrogen) atoms. The van der Waals surface area contributed by atoms with Crippen molar-refractivity contribution in [3.05, 3.63) is 59.9 Å². The monoisotopic (exact) mass is 581 g/mol. The predicted octanol–water partition coefficient (Wildman–Crippen LogP) is 4.23. The van der Waals surface area contributed by atoms with Crippen molar-refractivity contribution in [1.29, 1.82) is 5.26 Å². The smallest absolute Gasteiger partial charge is 0.334 e. The van der Waals surface area contributed by atoms with Crippen LogP contribution in [0, 0.1) is 11.3 Å². The summed E-state index contributed by atoms with van der Waals surface area (Å²) in [5, 5.41) is 33.3. The van der Waals surface area contributed by atoms with Gasteiger partial charge in [0.25, 0.3) is 5.91 Å². The predicted molar refractivity (Wildman–Crippen MR) is 147 cm³/mol. The summed E-state index contributed by atoms with van der Waals surface area (Å²) < 4.78 is 42.4. The van der Waals surface area contributed by atoms with Gasteiger partial charge in [0.05, 0.1) is 52.1 Å². The second-order valence-corrected chi connectivity index (χ2v) is 10.9. The first-order valence-electron chi connectivity index (χ1n) is 13.5. The van der Waals surface area contributed by atoms with Gasteiger partial charge in [0.1, 0.15) is 18.6 Å². The molecule has 1 amide bonds. The molecule has 4 aromatic rings. The molecule has 4 aromatic heterocycles. The zero-order valence-corrected chi connectivity index (χ0v) is 23.0. The van der Waals surface area contributed by atoms with Gasteiger partial charge in [-0.05, 0) is 63.8 Å². The summed E-state index contributed by atoms with van der Waals surface area (Å²) in [5.74, 6) is -0.228. The van der Waals surface area contributed by atoms with Gasteiger partial charge in [-0.2, -0.15) is 28.9 Å². The number of aromatic nitrogens is 6. The summed E-state index contributed by atoms with van der Waals surface area (Å²) in [7, 11) is 0. The largest absolute Gasteiger partial charge is 0.387 e. The zero-order valence-electron chi connectivity index (χ0n) is 23.0. The van der Waals surface area contributed by atoms with E-state index in [0.717, 1.165) is 6.33 Å². The number of carbonyl (C=O) groups is 1. The maximum atomic E-state index is 14.4. The van der Waals surface area contributed by atoms with Crippen molar-refractivity contribution < 1.29 is 23.1 Å². The number of alkyl halides is 3. The second-order valence-electron chi connectivity index (χ2n) is 10.9. The molecule has 1 aliphatic carbocycles. The Labute approximate surface area is 239 Å². The minimum Gasteiger partial charge on any atom is -0.387 e. The third-order valence-electron chi connectivity index (χ3n) is 7.43. The average Bonchev–Trinajstić information content (AvgIpc) is 3.63. The second kappa shape index (κ2) is 11.8. The SMILES string of the molecule is CC(C)(O)[C@H](F)CNC(=O)c1cnc(-c2ccc3cc(C#N)cnn23)cc1NC1CCC(c2ncn(C(F)F)n2)CC1. The van der Waals surface area contributed by atoms with E-state index in [2.05, 4.69) is 36.9 Å². The van der Waals surface area contributed by atoms with Crippen molar-refractivity contribution in [2.24, 2.45) is 0 Å². The van der Waals surface area contributed by atoms with Crippen LogP contribution in [-0.4, -0.2) is 64.7 Å². The van der Waals surface area contributed by atoms with Crippen LogP contribution < -0.4 is 10.6 Å². The third kappa shape index (κ3) is 6.20. The number of hydrogen-bond donors (Lipinski definition) is 3. The number of carbonyl (C=O) groups excluding carboxylic acids is 1. The molecular formula is C28H30F3N9O2. The summed E-state index contributed by atoms with van der Waals surface area (Å²) in [5.41, 5.74) is 1.32. The van der Waals surface area contributed by atoms with Crippen molar-refractivity contribution in [1.82, 2.24) is 34.7 Å². The van der Waals surface area contributed by atoms with Crippen LogP contribution in [0.3, 0.4) is 0 Å². The number of amides is 1. The number of nitriles is 1. The Morgan fingerprint density at radius 2 is 1.93 bits per heavy atom. The first kappa shape index (κ1) is 29.0. The number of nitrogens with one attached hydrogen (secondary N) is 2. The standard InChI is InChI=1S/C28H30F3N9O2/c1-28(2,42)24(29)14-34-26(41)20-13-33-22(23-8-7-19-9-16(11-32)12-36-40(19)23)10-21(20)37-18-5-3-17(4-6-18)25-35-15-39(38-25)27(30)31/h7-10,12-13,15,17-18,24,27,42H,3-6,14H2,1-2H3,(H,33,37)(H,34,41)/t17?,18?,24-/m1/s1. The number of nitrogens with zero attached hydrogens (tertiary/aromatic N) is 7. The molecule has 220 valence electrons. The van der Waals surface area contributed by atoms with E-state index in [1.165, 1.54) is 26.2 Å². The van der Waals surface area contributed by atoms with Crippen LogP contribution in [0.4, 0.5) is 18.9 Å². The highest BCUT2D eigenvalue weighted by Crippen LogP contribution is 2.34. The van der Waals surface area contributed by atoms with E-state index in [-0.39, 0.29) is 24.1 Å². The van der Waals surface area contributed by atoms with E-state index in [9.17, 15) is 28.3 Å². The minimum atomic E-state index is -2.74. The van der Waals surface area contributed by atoms with Gasteiger partial charge in [-0.3, -0.25) is 9.78 Å². The molecule has 1 aliphatic rings. The van der Waals surface area contributed by atoms with Gasteiger partial charge >= 0.3 is 6.55 Å². The number of hydrogen-bond acceptors (Lipinski definition) is 8. The van der Waals surface area contributed by atoms with Gasteiger partial charge in [0.2, 0.25) is 0 Å². The van der Waals surface area contributed by atoms with Crippen LogP contribution >= 0.6 is 0 Å². The quantitative estimate of drug-likeness (QED) is 0.266. The number of halogens is 3. The molecule has 11 nitrogen and oxygen atoms in total. The highest BCUT2D eigenvalue weighted by molar-refractivity contribution is 6.00. The Kier molecular flexibility index (Phi) is 8.13. The van der Waals surface area contributed by atoms with E-state index in [0.29, 0.717) is 64.3 Å². The van der Waals surface area contributed by atoms with Crippen molar-refractivity contribution in [3.63, 3.8) is 0 Å². The summed E-state index contributed by atoms with van der Waals surface area (Å²) in [6, 6.07) is 9.05. The van der Waals surface area contributed by atoms with Crippen molar-refractivity contribution in [2.45, 2.75) is 69.8 Å². The van der Waals surface area contributed by atoms with Gasteiger partial charge in [0, 0.05) is 18.2 Å². The molecule has 0 bridgehead atoms. The third-order valence-corrected chi connectivity index (χ3v) is 7.43. The lowest BCUT2D eigenvalue weighted by molar-refractivity contribution is -0.00178. The van der Waals surface area contributed by atoms with Crippen molar-refractivity contribution in [3.8, 4) is 17.5 Å². The first-order chi connectivity index (χ1) is 20.0. The lowest BCUT2D eigenvalue weighted by Crippen LogP contribution is -2.42.